The number of rotatable bonds is 5. The number of carbonyl (C=O) groups excluding carboxylic acids is 2. The van der Waals surface area contributed by atoms with Gasteiger partial charge in [-0.05, 0) is 31.9 Å². The molecule has 0 aromatic heterocycles. The highest BCUT2D eigenvalue weighted by atomic mass is 16.5. The highest BCUT2D eigenvalue weighted by Gasteiger charge is 2.41. The topological polar surface area (TPSA) is 95.9 Å². The number of hydrogen-bond acceptors (Lipinski definition) is 4. The quantitative estimate of drug-likeness (QED) is 0.849. The molecule has 1 aliphatic rings. The minimum Gasteiger partial charge on any atom is -0.480 e. The Morgan fingerprint density at radius 3 is 2.50 bits per heavy atom. The Morgan fingerprint density at radius 1 is 1.29 bits per heavy atom. The number of carboxylic acids is 1. The molecule has 24 heavy (non-hydrogen) atoms. The van der Waals surface area contributed by atoms with Crippen molar-refractivity contribution in [2.45, 2.75) is 39.3 Å². The molecule has 2 N–H and O–H groups in total. The number of aliphatic carboxylic acids is 1. The second-order valence-corrected chi connectivity index (χ2v) is 6.60. The first-order valence-corrected chi connectivity index (χ1v) is 7.75. The molecular formula is C17H22N2O5. The Kier molecular flexibility index (Phi) is 4.82. The van der Waals surface area contributed by atoms with E-state index in [1.807, 2.05) is 0 Å². The molecule has 1 aromatic carbocycles. The third-order valence-corrected chi connectivity index (χ3v) is 3.83. The van der Waals surface area contributed by atoms with Crippen LogP contribution in [0.25, 0.3) is 0 Å². The third kappa shape index (κ3) is 3.50. The maximum atomic E-state index is 12.6. The van der Waals surface area contributed by atoms with Crippen LogP contribution in [-0.4, -0.2) is 41.1 Å². The van der Waals surface area contributed by atoms with Crippen LogP contribution in [-0.2, 0) is 14.4 Å². The maximum Gasteiger partial charge on any atom is 0.326 e. The summed E-state index contributed by atoms with van der Waals surface area (Å²) in [6.45, 7) is 6.41. The Bertz CT molecular complexity index is 669. The normalized spacial score (nSPS) is 17.0. The lowest BCUT2D eigenvalue weighted by atomic mass is 10.0. The zero-order valence-corrected chi connectivity index (χ0v) is 14.2. The second-order valence-electron chi connectivity index (χ2n) is 6.60. The van der Waals surface area contributed by atoms with Crippen molar-refractivity contribution in [2.24, 2.45) is 5.92 Å². The lowest BCUT2D eigenvalue weighted by Gasteiger charge is -2.38. The molecule has 1 aliphatic heterocycles. The van der Waals surface area contributed by atoms with Crippen LogP contribution < -0.4 is 15.0 Å². The van der Waals surface area contributed by atoms with Crippen LogP contribution in [0.4, 0.5) is 5.69 Å². The largest absolute Gasteiger partial charge is 0.480 e. The summed E-state index contributed by atoms with van der Waals surface area (Å²) >= 11 is 0. The fraction of sp³-hybridized carbons (Fsp3) is 0.471. The number of nitrogens with one attached hydrogen (secondary N) is 1. The van der Waals surface area contributed by atoms with Gasteiger partial charge in [0.1, 0.15) is 18.3 Å². The Morgan fingerprint density at radius 2 is 1.92 bits per heavy atom. The van der Waals surface area contributed by atoms with Crippen molar-refractivity contribution in [1.82, 2.24) is 5.32 Å². The maximum absolute atomic E-state index is 12.6. The summed E-state index contributed by atoms with van der Waals surface area (Å²) in [5.41, 5.74) is -0.604. The summed E-state index contributed by atoms with van der Waals surface area (Å²) in [6, 6.07) is 5.93. The molecule has 1 atom stereocenters. The zero-order valence-electron chi connectivity index (χ0n) is 14.2. The molecule has 130 valence electrons. The summed E-state index contributed by atoms with van der Waals surface area (Å²) in [6.07, 6.45) is 0. The van der Waals surface area contributed by atoms with Crippen molar-refractivity contribution in [3.8, 4) is 5.75 Å². The van der Waals surface area contributed by atoms with Gasteiger partial charge in [0.2, 0.25) is 5.91 Å². The molecule has 0 saturated heterocycles. The number of fused-ring (bicyclic) bond motifs is 1. The van der Waals surface area contributed by atoms with Gasteiger partial charge in [-0.15, -0.1) is 0 Å². The first-order chi connectivity index (χ1) is 11.1. The fourth-order valence-electron chi connectivity index (χ4n) is 2.55. The molecule has 2 rings (SSSR count). The van der Waals surface area contributed by atoms with E-state index in [-0.39, 0.29) is 18.4 Å². The molecule has 0 fully saturated rings. The fourth-order valence-corrected chi connectivity index (χ4v) is 2.55. The Hall–Kier alpha value is -2.57. The van der Waals surface area contributed by atoms with E-state index in [0.717, 1.165) is 0 Å². The minimum absolute atomic E-state index is 0.265. The predicted octanol–water partition coefficient (Wildman–Crippen LogP) is 1.42. The number of nitrogens with zero attached hydrogens (tertiary/aromatic N) is 1. The van der Waals surface area contributed by atoms with Gasteiger partial charge in [0, 0.05) is 0 Å². The van der Waals surface area contributed by atoms with Gasteiger partial charge in [-0.3, -0.25) is 14.5 Å². The Labute approximate surface area is 140 Å². The smallest absolute Gasteiger partial charge is 0.326 e. The summed E-state index contributed by atoms with van der Waals surface area (Å²) in [5.74, 6) is -1.75. The van der Waals surface area contributed by atoms with Crippen LogP contribution in [0.15, 0.2) is 24.3 Å². The number of anilines is 1. The van der Waals surface area contributed by atoms with Gasteiger partial charge in [-0.2, -0.15) is 0 Å². The standard InChI is InChI=1S/C17H22N2O5/c1-10(2)14(15(21)22)18-13(20)9-19-11-7-5-6-8-12(11)24-17(3,4)16(19)23/h5-8,10,14H,9H2,1-4H3,(H,18,20)(H,21,22). The van der Waals surface area contributed by atoms with Crippen molar-refractivity contribution >= 4 is 23.5 Å². The van der Waals surface area contributed by atoms with Crippen molar-refractivity contribution in [2.75, 3.05) is 11.4 Å². The van der Waals surface area contributed by atoms with Gasteiger partial charge in [0.15, 0.2) is 5.60 Å². The molecular weight excluding hydrogens is 312 g/mol. The van der Waals surface area contributed by atoms with Crippen molar-refractivity contribution in [3.63, 3.8) is 0 Å². The predicted molar refractivity (Wildman–Crippen MR) is 87.9 cm³/mol. The van der Waals surface area contributed by atoms with E-state index in [1.54, 1.807) is 52.0 Å². The highest BCUT2D eigenvalue weighted by molar-refractivity contribution is 6.06. The van der Waals surface area contributed by atoms with Gasteiger partial charge >= 0.3 is 5.97 Å². The molecule has 7 heteroatoms. The summed E-state index contributed by atoms with van der Waals surface area (Å²) in [4.78, 5) is 37.4. The number of ether oxygens (including phenoxy) is 1. The Balaban J connectivity index is 2.23. The molecule has 7 nitrogen and oxygen atoms in total. The van der Waals surface area contributed by atoms with E-state index in [4.69, 9.17) is 4.74 Å². The van der Waals surface area contributed by atoms with Gasteiger partial charge in [-0.1, -0.05) is 26.0 Å². The molecule has 0 bridgehead atoms. The van der Waals surface area contributed by atoms with Crippen LogP contribution in [0.3, 0.4) is 0 Å². The van der Waals surface area contributed by atoms with Crippen LogP contribution >= 0.6 is 0 Å². The van der Waals surface area contributed by atoms with Gasteiger partial charge in [0.05, 0.1) is 5.69 Å². The van der Waals surface area contributed by atoms with Crippen molar-refractivity contribution in [3.05, 3.63) is 24.3 Å². The summed E-state index contributed by atoms with van der Waals surface area (Å²) in [7, 11) is 0. The minimum atomic E-state index is -1.10. The third-order valence-electron chi connectivity index (χ3n) is 3.83. The highest BCUT2D eigenvalue weighted by Crippen LogP contribution is 2.37. The van der Waals surface area contributed by atoms with Crippen LogP contribution in [0.5, 0.6) is 5.75 Å². The zero-order chi connectivity index (χ0) is 18.1. The van der Waals surface area contributed by atoms with Gasteiger partial charge < -0.3 is 15.2 Å². The summed E-state index contributed by atoms with van der Waals surface area (Å²) < 4.78 is 5.68. The molecule has 0 spiro atoms. The molecule has 1 aromatic rings. The van der Waals surface area contributed by atoms with Crippen LogP contribution in [0, 0.1) is 5.92 Å². The lowest BCUT2D eigenvalue weighted by molar-refractivity contribution is -0.143. The van der Waals surface area contributed by atoms with E-state index in [2.05, 4.69) is 5.32 Å². The molecule has 1 heterocycles. The molecule has 1 unspecified atom stereocenters. The van der Waals surface area contributed by atoms with E-state index in [0.29, 0.717) is 11.4 Å². The lowest BCUT2D eigenvalue weighted by Crippen LogP contribution is -2.56. The van der Waals surface area contributed by atoms with Crippen LogP contribution in [0.1, 0.15) is 27.7 Å². The first-order valence-electron chi connectivity index (χ1n) is 7.75. The second kappa shape index (κ2) is 6.51. The number of carbonyl (C=O) groups is 3. The van der Waals surface area contributed by atoms with Crippen molar-refractivity contribution < 1.29 is 24.2 Å². The molecule has 0 radical (unpaired) electrons. The number of para-hydroxylation sites is 2. The van der Waals surface area contributed by atoms with E-state index >= 15 is 0 Å². The number of benzene rings is 1. The number of amides is 2. The number of hydrogen-bond donors (Lipinski definition) is 2. The molecule has 0 saturated carbocycles. The van der Waals surface area contributed by atoms with Gasteiger partial charge in [-0.25, -0.2) is 4.79 Å². The number of carboxylic acid groups (broad SMARTS) is 1. The SMILES string of the molecule is CC(C)C(NC(=O)CN1C(=O)C(C)(C)Oc2ccccc21)C(=O)O. The monoisotopic (exact) mass is 334 g/mol. The summed E-state index contributed by atoms with van der Waals surface area (Å²) in [5, 5.41) is 11.6. The van der Waals surface area contributed by atoms with Crippen LogP contribution in [0.2, 0.25) is 0 Å². The van der Waals surface area contributed by atoms with Crippen molar-refractivity contribution in [1.29, 1.82) is 0 Å². The average molecular weight is 334 g/mol. The van der Waals surface area contributed by atoms with E-state index < -0.39 is 23.5 Å². The van der Waals surface area contributed by atoms with E-state index in [1.165, 1.54) is 4.90 Å². The van der Waals surface area contributed by atoms with Gasteiger partial charge in [0.25, 0.3) is 5.91 Å². The van der Waals surface area contributed by atoms with E-state index in [9.17, 15) is 19.5 Å². The average Bonchev–Trinajstić information content (AvgIpc) is 2.48. The molecule has 2 amide bonds. The first kappa shape index (κ1) is 17.8. The molecule has 0 aliphatic carbocycles.